The zero-order valence-electron chi connectivity index (χ0n) is 13.6. The first-order valence-corrected chi connectivity index (χ1v) is 8.29. The van der Waals surface area contributed by atoms with Crippen LogP contribution in [0.1, 0.15) is 46.5 Å². The van der Waals surface area contributed by atoms with Crippen LogP contribution in [0.4, 0.5) is 4.79 Å². The van der Waals surface area contributed by atoms with Crippen molar-refractivity contribution in [1.82, 2.24) is 10.4 Å². The van der Waals surface area contributed by atoms with Crippen LogP contribution in [0.15, 0.2) is 0 Å². The normalized spacial score (nSPS) is 34.0. The quantitative estimate of drug-likeness (QED) is 0.848. The lowest BCUT2D eigenvalue weighted by Crippen LogP contribution is -2.51. The number of fused-ring (bicyclic) bond motifs is 2. The number of rotatable bonds is 2. The molecule has 0 aromatic heterocycles. The lowest BCUT2D eigenvalue weighted by Gasteiger charge is -2.33. The fraction of sp³-hybridized carbons (Fsp3) is 0.875. The SMILES string of the molecule is CC(C)(C)OC(=O)N[C@H]1[C@H]2CC[C@@H](C2)[C@H]1C(=O)N1CCCO1. The number of nitrogens with one attached hydrogen (secondary N) is 1. The third-order valence-corrected chi connectivity index (χ3v) is 4.88. The largest absolute Gasteiger partial charge is 0.444 e. The standard InChI is InChI=1S/C16H26N2O4/c1-16(2,3)22-15(20)17-13-11-6-5-10(9-11)12(13)14(19)18-7-4-8-21-18/h10-13H,4-9H2,1-3H3,(H,17,20)/t10-,11-,12+,13-/m0/s1. The van der Waals surface area contributed by atoms with Crippen LogP contribution in [0.2, 0.25) is 0 Å². The minimum absolute atomic E-state index is 0.0331. The number of ether oxygens (including phenoxy) is 1. The maximum absolute atomic E-state index is 12.7. The molecular weight excluding hydrogens is 284 g/mol. The highest BCUT2D eigenvalue weighted by atomic mass is 16.7. The van der Waals surface area contributed by atoms with E-state index in [1.54, 1.807) is 0 Å². The van der Waals surface area contributed by atoms with E-state index in [9.17, 15) is 9.59 Å². The summed E-state index contributed by atoms with van der Waals surface area (Å²) in [6.07, 6.45) is 3.63. The Hall–Kier alpha value is -1.30. The molecular formula is C16H26N2O4. The molecule has 2 aliphatic carbocycles. The molecule has 2 saturated carbocycles. The van der Waals surface area contributed by atoms with E-state index in [1.807, 2.05) is 20.8 Å². The molecule has 4 atom stereocenters. The predicted molar refractivity (Wildman–Crippen MR) is 79.8 cm³/mol. The van der Waals surface area contributed by atoms with Crippen LogP contribution in [0.3, 0.4) is 0 Å². The van der Waals surface area contributed by atoms with Crippen molar-refractivity contribution >= 4 is 12.0 Å². The van der Waals surface area contributed by atoms with E-state index in [-0.39, 0.29) is 17.9 Å². The maximum Gasteiger partial charge on any atom is 0.407 e. The number of carbonyl (C=O) groups excluding carboxylic acids is 2. The molecule has 3 rings (SSSR count). The van der Waals surface area contributed by atoms with Gasteiger partial charge in [0.1, 0.15) is 5.60 Å². The number of carbonyl (C=O) groups is 2. The second-order valence-corrected chi connectivity index (χ2v) is 7.66. The van der Waals surface area contributed by atoms with E-state index in [1.165, 1.54) is 5.06 Å². The van der Waals surface area contributed by atoms with Gasteiger partial charge in [-0.15, -0.1) is 0 Å². The molecule has 1 aliphatic heterocycles. The summed E-state index contributed by atoms with van der Waals surface area (Å²) in [4.78, 5) is 30.2. The molecule has 1 heterocycles. The van der Waals surface area contributed by atoms with Crippen LogP contribution in [0, 0.1) is 17.8 Å². The topological polar surface area (TPSA) is 67.9 Å². The average Bonchev–Trinajstić information content (AvgIpc) is 3.12. The molecule has 3 fully saturated rings. The number of nitrogens with zero attached hydrogens (tertiary/aromatic N) is 1. The van der Waals surface area contributed by atoms with E-state index in [2.05, 4.69) is 5.32 Å². The Morgan fingerprint density at radius 3 is 2.59 bits per heavy atom. The van der Waals surface area contributed by atoms with Gasteiger partial charge in [0.25, 0.3) is 5.91 Å². The lowest BCUT2D eigenvalue weighted by molar-refractivity contribution is -0.176. The van der Waals surface area contributed by atoms with Crippen molar-refractivity contribution in [2.45, 2.75) is 58.1 Å². The van der Waals surface area contributed by atoms with Crippen LogP contribution in [-0.4, -0.2) is 41.9 Å². The van der Waals surface area contributed by atoms with Crippen LogP contribution in [0.25, 0.3) is 0 Å². The van der Waals surface area contributed by atoms with Gasteiger partial charge in [0.05, 0.1) is 19.1 Å². The summed E-state index contributed by atoms with van der Waals surface area (Å²) in [5.41, 5.74) is -0.529. The van der Waals surface area contributed by atoms with Gasteiger partial charge in [0.2, 0.25) is 0 Å². The summed E-state index contributed by atoms with van der Waals surface area (Å²) >= 11 is 0. The van der Waals surface area contributed by atoms with Gasteiger partial charge >= 0.3 is 6.09 Å². The minimum atomic E-state index is -0.529. The van der Waals surface area contributed by atoms with E-state index >= 15 is 0 Å². The van der Waals surface area contributed by atoms with Crippen molar-refractivity contribution in [3.05, 3.63) is 0 Å². The Morgan fingerprint density at radius 1 is 1.23 bits per heavy atom. The third-order valence-electron chi connectivity index (χ3n) is 4.88. The highest BCUT2D eigenvalue weighted by Crippen LogP contribution is 2.49. The second kappa shape index (κ2) is 5.72. The van der Waals surface area contributed by atoms with Crippen molar-refractivity contribution in [2.24, 2.45) is 17.8 Å². The molecule has 3 aliphatic rings. The number of hydroxylamine groups is 2. The monoisotopic (exact) mass is 310 g/mol. The summed E-state index contributed by atoms with van der Waals surface area (Å²) in [6.45, 7) is 6.79. The smallest absolute Gasteiger partial charge is 0.407 e. The van der Waals surface area contributed by atoms with E-state index in [0.29, 0.717) is 25.0 Å². The first-order valence-electron chi connectivity index (χ1n) is 8.29. The van der Waals surface area contributed by atoms with Gasteiger partial charge in [0, 0.05) is 6.04 Å². The van der Waals surface area contributed by atoms with Gasteiger partial charge in [0.15, 0.2) is 0 Å². The Kier molecular flexibility index (Phi) is 4.05. The van der Waals surface area contributed by atoms with Gasteiger partial charge in [-0.3, -0.25) is 9.63 Å². The molecule has 0 aromatic carbocycles. The molecule has 0 unspecified atom stereocenters. The van der Waals surface area contributed by atoms with Crippen LogP contribution < -0.4 is 5.32 Å². The average molecular weight is 310 g/mol. The molecule has 124 valence electrons. The number of amides is 2. The van der Waals surface area contributed by atoms with Crippen molar-refractivity contribution < 1.29 is 19.2 Å². The number of hydrogen-bond acceptors (Lipinski definition) is 4. The number of alkyl carbamates (subject to hydrolysis) is 1. The fourth-order valence-electron chi connectivity index (χ4n) is 4.09. The Morgan fingerprint density at radius 2 is 1.95 bits per heavy atom. The molecule has 1 saturated heterocycles. The minimum Gasteiger partial charge on any atom is -0.444 e. The third kappa shape index (κ3) is 3.07. The Labute approximate surface area is 131 Å². The van der Waals surface area contributed by atoms with Gasteiger partial charge < -0.3 is 10.1 Å². The molecule has 22 heavy (non-hydrogen) atoms. The molecule has 0 radical (unpaired) electrons. The van der Waals surface area contributed by atoms with Crippen molar-refractivity contribution in [2.75, 3.05) is 13.2 Å². The zero-order valence-corrected chi connectivity index (χ0v) is 13.6. The van der Waals surface area contributed by atoms with Crippen molar-refractivity contribution in [3.63, 3.8) is 0 Å². The zero-order chi connectivity index (χ0) is 15.9. The summed E-state index contributed by atoms with van der Waals surface area (Å²) in [6, 6.07) is -0.120. The summed E-state index contributed by atoms with van der Waals surface area (Å²) in [7, 11) is 0. The molecule has 6 heteroatoms. The molecule has 0 spiro atoms. The van der Waals surface area contributed by atoms with E-state index < -0.39 is 11.7 Å². The summed E-state index contributed by atoms with van der Waals surface area (Å²) in [5.74, 6) is 0.617. The Balaban J connectivity index is 1.68. The van der Waals surface area contributed by atoms with Gasteiger partial charge in [-0.1, -0.05) is 0 Å². The first-order chi connectivity index (χ1) is 10.3. The first kappa shape index (κ1) is 15.6. The molecule has 2 amide bonds. The van der Waals surface area contributed by atoms with Gasteiger partial charge in [-0.25, -0.2) is 9.86 Å². The molecule has 1 N–H and O–H groups in total. The summed E-state index contributed by atoms with van der Waals surface area (Å²) in [5, 5.41) is 4.45. The molecule has 6 nitrogen and oxygen atoms in total. The predicted octanol–water partition coefficient (Wildman–Crippen LogP) is 2.09. The van der Waals surface area contributed by atoms with Crippen LogP contribution >= 0.6 is 0 Å². The highest BCUT2D eigenvalue weighted by Gasteiger charge is 2.53. The van der Waals surface area contributed by atoms with E-state index in [0.717, 1.165) is 25.7 Å². The van der Waals surface area contributed by atoms with E-state index in [4.69, 9.17) is 9.57 Å². The lowest BCUT2D eigenvalue weighted by atomic mass is 9.83. The van der Waals surface area contributed by atoms with Gasteiger partial charge in [-0.2, -0.15) is 0 Å². The maximum atomic E-state index is 12.7. The molecule has 2 bridgehead atoms. The summed E-state index contributed by atoms with van der Waals surface area (Å²) < 4.78 is 5.35. The fourth-order valence-corrected chi connectivity index (χ4v) is 4.09. The van der Waals surface area contributed by atoms with Crippen molar-refractivity contribution in [3.8, 4) is 0 Å². The number of hydrogen-bond donors (Lipinski definition) is 1. The Bertz CT molecular complexity index is 454. The second-order valence-electron chi connectivity index (χ2n) is 7.66. The van der Waals surface area contributed by atoms with Crippen molar-refractivity contribution in [1.29, 1.82) is 0 Å². The molecule has 0 aromatic rings. The highest BCUT2D eigenvalue weighted by molar-refractivity contribution is 5.81. The van der Waals surface area contributed by atoms with Crippen LogP contribution in [0.5, 0.6) is 0 Å². The van der Waals surface area contributed by atoms with Crippen LogP contribution in [-0.2, 0) is 14.4 Å². The van der Waals surface area contributed by atoms with Gasteiger partial charge in [-0.05, 0) is 58.3 Å².